The summed E-state index contributed by atoms with van der Waals surface area (Å²) in [5.41, 5.74) is 1.21. The van der Waals surface area contributed by atoms with Crippen molar-refractivity contribution in [2.75, 3.05) is 13.1 Å². The minimum Gasteiger partial charge on any atom is -0.444 e. The van der Waals surface area contributed by atoms with Gasteiger partial charge in [-0.05, 0) is 51.8 Å². The number of benzene rings is 1. The first-order valence-electron chi connectivity index (χ1n) is 7.86. The summed E-state index contributed by atoms with van der Waals surface area (Å²) in [6.07, 6.45) is 1.44. The van der Waals surface area contributed by atoms with Crippen molar-refractivity contribution in [3.8, 4) is 0 Å². The van der Waals surface area contributed by atoms with Crippen molar-refractivity contribution >= 4 is 33.1 Å². The monoisotopic (exact) mass is 380 g/mol. The van der Waals surface area contributed by atoms with Crippen LogP contribution in [0.5, 0.6) is 0 Å². The number of fused-ring (bicyclic) bond motifs is 1. The van der Waals surface area contributed by atoms with E-state index >= 15 is 0 Å². The van der Waals surface area contributed by atoms with Crippen LogP contribution in [0.1, 0.15) is 45.4 Å². The largest absolute Gasteiger partial charge is 0.444 e. The molecule has 0 atom stereocenters. The SMILES string of the molecule is CC(C)(C)OC(=O)N1CCC(c2nc3ccc(Br)cc3o2)CC1. The van der Waals surface area contributed by atoms with Gasteiger partial charge in [0.05, 0.1) is 0 Å². The molecule has 23 heavy (non-hydrogen) atoms. The van der Waals surface area contributed by atoms with E-state index in [1.807, 2.05) is 39.0 Å². The van der Waals surface area contributed by atoms with Gasteiger partial charge in [0.2, 0.25) is 0 Å². The Labute approximate surface area is 144 Å². The average molecular weight is 381 g/mol. The Bertz CT molecular complexity index is 712. The van der Waals surface area contributed by atoms with Crippen LogP contribution in [0, 0.1) is 0 Å². The maximum Gasteiger partial charge on any atom is 0.410 e. The van der Waals surface area contributed by atoms with Crippen LogP contribution in [0.25, 0.3) is 11.1 Å². The highest BCUT2D eigenvalue weighted by Gasteiger charge is 2.29. The van der Waals surface area contributed by atoms with E-state index in [1.165, 1.54) is 0 Å². The minimum atomic E-state index is -0.457. The van der Waals surface area contributed by atoms with Crippen LogP contribution in [0.3, 0.4) is 0 Å². The van der Waals surface area contributed by atoms with Crippen LogP contribution in [0.15, 0.2) is 27.1 Å². The molecule has 1 aromatic heterocycles. The second kappa shape index (κ2) is 6.15. The van der Waals surface area contributed by atoms with Crippen LogP contribution < -0.4 is 0 Å². The maximum atomic E-state index is 12.1. The normalized spacial score (nSPS) is 16.8. The van der Waals surface area contributed by atoms with Gasteiger partial charge in [0.1, 0.15) is 11.1 Å². The summed E-state index contributed by atoms with van der Waals surface area (Å²) in [7, 11) is 0. The fourth-order valence-corrected chi connectivity index (χ4v) is 3.07. The Hall–Kier alpha value is -1.56. The van der Waals surface area contributed by atoms with E-state index in [4.69, 9.17) is 9.15 Å². The number of hydrogen-bond donors (Lipinski definition) is 0. The van der Waals surface area contributed by atoms with Gasteiger partial charge in [-0.3, -0.25) is 0 Å². The number of amides is 1. The van der Waals surface area contributed by atoms with Crippen LogP contribution in [-0.2, 0) is 4.74 Å². The van der Waals surface area contributed by atoms with Gasteiger partial charge in [-0.15, -0.1) is 0 Å². The number of hydrogen-bond acceptors (Lipinski definition) is 4. The highest BCUT2D eigenvalue weighted by Crippen LogP contribution is 2.31. The maximum absolute atomic E-state index is 12.1. The van der Waals surface area contributed by atoms with Gasteiger partial charge in [0.25, 0.3) is 0 Å². The predicted octanol–water partition coefficient (Wildman–Crippen LogP) is 4.70. The lowest BCUT2D eigenvalue weighted by Crippen LogP contribution is -2.41. The molecule has 0 bridgehead atoms. The Kier molecular flexibility index (Phi) is 4.36. The molecule has 0 saturated carbocycles. The number of rotatable bonds is 1. The molecule has 0 unspecified atom stereocenters. The van der Waals surface area contributed by atoms with Crippen molar-refractivity contribution in [3.05, 3.63) is 28.6 Å². The van der Waals surface area contributed by atoms with Crippen LogP contribution >= 0.6 is 15.9 Å². The van der Waals surface area contributed by atoms with Crippen molar-refractivity contribution in [1.82, 2.24) is 9.88 Å². The molecule has 1 fully saturated rings. The summed E-state index contributed by atoms with van der Waals surface area (Å²) >= 11 is 3.44. The predicted molar refractivity (Wildman–Crippen MR) is 91.5 cm³/mol. The first-order chi connectivity index (χ1) is 10.8. The molecule has 2 aromatic rings. The van der Waals surface area contributed by atoms with Crippen LogP contribution in [-0.4, -0.2) is 34.7 Å². The zero-order valence-corrected chi connectivity index (χ0v) is 15.2. The number of halogens is 1. The molecule has 5 nitrogen and oxygen atoms in total. The van der Waals surface area contributed by atoms with E-state index < -0.39 is 5.60 Å². The Morgan fingerprint density at radius 1 is 1.35 bits per heavy atom. The number of carbonyl (C=O) groups is 1. The number of oxazole rings is 1. The molecule has 1 amide bonds. The fourth-order valence-electron chi connectivity index (χ4n) is 2.73. The quantitative estimate of drug-likeness (QED) is 0.718. The molecule has 3 rings (SSSR count). The second-order valence-corrected chi connectivity index (χ2v) is 7.82. The first kappa shape index (κ1) is 16.3. The molecule has 0 spiro atoms. The number of aromatic nitrogens is 1. The lowest BCUT2D eigenvalue weighted by molar-refractivity contribution is 0.0199. The summed E-state index contributed by atoms with van der Waals surface area (Å²) in [5.74, 6) is 1.02. The molecule has 0 radical (unpaired) electrons. The zero-order chi connectivity index (χ0) is 16.6. The second-order valence-electron chi connectivity index (χ2n) is 6.91. The van der Waals surface area contributed by atoms with E-state index in [0.717, 1.165) is 34.3 Å². The van der Waals surface area contributed by atoms with Gasteiger partial charge in [0.15, 0.2) is 11.5 Å². The third-order valence-corrected chi connectivity index (χ3v) is 4.36. The van der Waals surface area contributed by atoms with Crippen molar-refractivity contribution in [2.24, 2.45) is 0 Å². The van der Waals surface area contributed by atoms with Crippen molar-refractivity contribution in [2.45, 2.75) is 45.1 Å². The van der Waals surface area contributed by atoms with Crippen molar-refractivity contribution in [1.29, 1.82) is 0 Å². The number of piperidine rings is 1. The Morgan fingerprint density at radius 2 is 2.04 bits per heavy atom. The smallest absolute Gasteiger partial charge is 0.410 e. The molecule has 1 aliphatic heterocycles. The molecule has 1 aliphatic rings. The molecular formula is C17H21BrN2O3. The van der Waals surface area contributed by atoms with Gasteiger partial charge in [-0.25, -0.2) is 9.78 Å². The molecule has 1 aromatic carbocycles. The standard InChI is InChI=1S/C17H21BrN2O3/c1-17(2,3)23-16(21)20-8-6-11(7-9-20)15-19-13-5-4-12(18)10-14(13)22-15/h4-5,10-11H,6-9H2,1-3H3. The van der Waals surface area contributed by atoms with Crippen molar-refractivity contribution < 1.29 is 13.9 Å². The first-order valence-corrected chi connectivity index (χ1v) is 8.65. The van der Waals surface area contributed by atoms with Gasteiger partial charge in [-0.2, -0.15) is 0 Å². The van der Waals surface area contributed by atoms with Gasteiger partial charge >= 0.3 is 6.09 Å². The molecule has 0 aliphatic carbocycles. The van der Waals surface area contributed by atoms with E-state index in [-0.39, 0.29) is 12.0 Å². The Balaban J connectivity index is 1.65. The summed E-state index contributed by atoms with van der Waals surface area (Å²) in [5, 5.41) is 0. The molecular weight excluding hydrogens is 360 g/mol. The number of likely N-dealkylation sites (tertiary alicyclic amines) is 1. The van der Waals surface area contributed by atoms with Gasteiger partial charge in [0, 0.05) is 23.5 Å². The number of nitrogens with zero attached hydrogens (tertiary/aromatic N) is 2. The molecule has 6 heteroatoms. The molecule has 1 saturated heterocycles. The summed E-state index contributed by atoms with van der Waals surface area (Å²) in [4.78, 5) is 18.4. The average Bonchev–Trinajstić information content (AvgIpc) is 2.88. The molecule has 2 heterocycles. The molecule has 124 valence electrons. The van der Waals surface area contributed by atoms with Crippen LogP contribution in [0.4, 0.5) is 4.79 Å². The number of carbonyl (C=O) groups excluding carboxylic acids is 1. The lowest BCUT2D eigenvalue weighted by Gasteiger charge is -2.32. The third kappa shape index (κ3) is 3.86. The Morgan fingerprint density at radius 3 is 2.70 bits per heavy atom. The zero-order valence-electron chi connectivity index (χ0n) is 13.6. The fraction of sp³-hybridized carbons (Fsp3) is 0.529. The van der Waals surface area contributed by atoms with Gasteiger partial charge < -0.3 is 14.1 Å². The van der Waals surface area contributed by atoms with Crippen molar-refractivity contribution in [3.63, 3.8) is 0 Å². The third-order valence-electron chi connectivity index (χ3n) is 3.86. The highest BCUT2D eigenvalue weighted by atomic mass is 79.9. The lowest BCUT2D eigenvalue weighted by atomic mass is 9.97. The van der Waals surface area contributed by atoms with E-state index in [0.29, 0.717) is 13.1 Å². The summed E-state index contributed by atoms with van der Waals surface area (Å²) < 4.78 is 12.3. The minimum absolute atomic E-state index is 0.238. The van der Waals surface area contributed by atoms with E-state index in [1.54, 1.807) is 4.90 Å². The summed E-state index contributed by atoms with van der Waals surface area (Å²) in [6.45, 7) is 6.99. The summed E-state index contributed by atoms with van der Waals surface area (Å²) in [6, 6.07) is 5.84. The highest BCUT2D eigenvalue weighted by molar-refractivity contribution is 9.10. The van der Waals surface area contributed by atoms with E-state index in [2.05, 4.69) is 20.9 Å². The molecule has 0 N–H and O–H groups in total. The van der Waals surface area contributed by atoms with Gasteiger partial charge in [-0.1, -0.05) is 15.9 Å². The van der Waals surface area contributed by atoms with E-state index in [9.17, 15) is 4.79 Å². The van der Waals surface area contributed by atoms with Crippen LogP contribution in [0.2, 0.25) is 0 Å². The topological polar surface area (TPSA) is 55.6 Å². The number of ether oxygens (including phenoxy) is 1.